The first-order valence-electron chi connectivity index (χ1n) is 8.49. The molecule has 0 heterocycles. The number of halogens is 2. The first-order valence-corrected chi connectivity index (χ1v) is 8.49. The molecular weight excluding hydrogens is 356 g/mol. The van der Waals surface area contributed by atoms with Crippen LogP contribution in [0.1, 0.15) is 29.3 Å². The van der Waals surface area contributed by atoms with Crippen LogP contribution in [-0.2, 0) is 16.0 Å². The van der Waals surface area contributed by atoms with E-state index in [1.807, 2.05) is 37.3 Å². The van der Waals surface area contributed by atoms with Crippen LogP contribution in [0.15, 0.2) is 54.6 Å². The van der Waals surface area contributed by atoms with Gasteiger partial charge in [0.2, 0.25) is 0 Å². The molecular formula is C20H21F2NO4. The fourth-order valence-electron chi connectivity index (χ4n) is 2.40. The smallest absolute Gasteiger partial charge is 0.387 e. The molecule has 144 valence electrons. The van der Waals surface area contributed by atoms with E-state index in [1.165, 1.54) is 29.8 Å². The molecule has 0 aromatic heterocycles. The number of nitrogens with one attached hydrogen (secondary N) is 1. The van der Waals surface area contributed by atoms with Gasteiger partial charge in [0.15, 0.2) is 6.61 Å². The van der Waals surface area contributed by atoms with E-state index in [4.69, 9.17) is 4.74 Å². The first-order chi connectivity index (χ1) is 12.9. The molecule has 7 heteroatoms. The number of alkyl halides is 2. The highest BCUT2D eigenvalue weighted by Gasteiger charge is 2.13. The molecule has 0 aliphatic carbocycles. The molecule has 1 atom stereocenters. The lowest BCUT2D eigenvalue weighted by Crippen LogP contribution is -2.36. The van der Waals surface area contributed by atoms with Crippen LogP contribution in [0.25, 0.3) is 0 Å². The summed E-state index contributed by atoms with van der Waals surface area (Å²) in [5.74, 6) is -1.18. The third-order valence-corrected chi connectivity index (χ3v) is 3.77. The van der Waals surface area contributed by atoms with E-state index in [9.17, 15) is 18.4 Å². The fourth-order valence-corrected chi connectivity index (χ4v) is 2.40. The van der Waals surface area contributed by atoms with Crippen LogP contribution in [-0.4, -0.2) is 31.1 Å². The number of hydrogen-bond acceptors (Lipinski definition) is 4. The van der Waals surface area contributed by atoms with Gasteiger partial charge in [0, 0.05) is 6.04 Å². The monoisotopic (exact) mass is 377 g/mol. The second-order valence-electron chi connectivity index (χ2n) is 5.97. The Balaban J connectivity index is 1.71. The Hall–Kier alpha value is -2.96. The normalized spacial score (nSPS) is 11.7. The maximum atomic E-state index is 12.1. The summed E-state index contributed by atoms with van der Waals surface area (Å²) in [5, 5.41) is 2.77. The summed E-state index contributed by atoms with van der Waals surface area (Å²) in [7, 11) is 0. The second-order valence-corrected chi connectivity index (χ2v) is 5.97. The van der Waals surface area contributed by atoms with Crippen molar-refractivity contribution in [3.05, 3.63) is 65.7 Å². The van der Waals surface area contributed by atoms with Crippen molar-refractivity contribution in [1.29, 1.82) is 0 Å². The van der Waals surface area contributed by atoms with Crippen molar-refractivity contribution in [2.45, 2.75) is 32.4 Å². The Bertz CT molecular complexity index is 735. The van der Waals surface area contributed by atoms with Gasteiger partial charge >= 0.3 is 12.6 Å². The SMILES string of the molecule is C[C@H](CCc1ccccc1)NC(=O)COC(=O)c1ccc(OC(F)F)cc1. The third kappa shape index (κ3) is 7.43. The van der Waals surface area contributed by atoms with E-state index in [0.29, 0.717) is 0 Å². The topological polar surface area (TPSA) is 64.6 Å². The molecule has 5 nitrogen and oxygen atoms in total. The Morgan fingerprint density at radius 1 is 1.04 bits per heavy atom. The molecule has 0 saturated carbocycles. The van der Waals surface area contributed by atoms with Crippen molar-refractivity contribution in [2.75, 3.05) is 6.61 Å². The lowest BCUT2D eigenvalue weighted by atomic mass is 10.1. The number of carbonyl (C=O) groups is 2. The number of amides is 1. The molecule has 2 aromatic carbocycles. The van der Waals surface area contributed by atoms with Crippen LogP contribution in [0.5, 0.6) is 5.75 Å². The van der Waals surface area contributed by atoms with Crippen molar-refractivity contribution in [1.82, 2.24) is 5.32 Å². The minimum Gasteiger partial charge on any atom is -0.452 e. The lowest BCUT2D eigenvalue weighted by molar-refractivity contribution is -0.124. The average Bonchev–Trinajstić information content (AvgIpc) is 2.65. The van der Waals surface area contributed by atoms with Gasteiger partial charge in [0.1, 0.15) is 5.75 Å². The van der Waals surface area contributed by atoms with Gasteiger partial charge in [0.25, 0.3) is 5.91 Å². The fraction of sp³-hybridized carbons (Fsp3) is 0.300. The zero-order valence-electron chi connectivity index (χ0n) is 14.9. The molecule has 1 amide bonds. The first kappa shape index (κ1) is 20.4. The molecule has 0 bridgehead atoms. The highest BCUT2D eigenvalue weighted by atomic mass is 19.3. The minimum atomic E-state index is -2.93. The highest BCUT2D eigenvalue weighted by molar-refractivity contribution is 5.91. The standard InChI is InChI=1S/C20H21F2NO4/c1-14(7-8-15-5-3-2-4-6-15)23-18(24)13-26-19(25)16-9-11-17(12-10-16)27-20(21)22/h2-6,9-12,14,20H,7-8,13H2,1H3,(H,23,24)/t14-/m1/s1. The zero-order chi connectivity index (χ0) is 19.6. The molecule has 2 rings (SSSR count). The molecule has 0 aliphatic heterocycles. The van der Waals surface area contributed by atoms with Gasteiger partial charge < -0.3 is 14.8 Å². The number of carbonyl (C=O) groups excluding carboxylic acids is 2. The van der Waals surface area contributed by atoms with Crippen LogP contribution < -0.4 is 10.1 Å². The van der Waals surface area contributed by atoms with E-state index in [0.717, 1.165) is 12.8 Å². The van der Waals surface area contributed by atoms with E-state index >= 15 is 0 Å². The number of aryl methyl sites for hydroxylation is 1. The van der Waals surface area contributed by atoms with Gasteiger partial charge in [-0.2, -0.15) is 8.78 Å². The summed E-state index contributed by atoms with van der Waals surface area (Å²) in [5.41, 5.74) is 1.32. The number of hydrogen-bond donors (Lipinski definition) is 1. The van der Waals surface area contributed by atoms with Crippen LogP contribution in [0.2, 0.25) is 0 Å². The summed E-state index contributed by atoms with van der Waals surface area (Å²) in [6, 6.07) is 14.9. The summed E-state index contributed by atoms with van der Waals surface area (Å²) < 4.78 is 33.3. The molecule has 0 fully saturated rings. The Morgan fingerprint density at radius 3 is 2.33 bits per heavy atom. The molecule has 0 radical (unpaired) electrons. The quantitative estimate of drug-likeness (QED) is 0.679. The van der Waals surface area contributed by atoms with Crippen LogP contribution in [0.4, 0.5) is 8.78 Å². The van der Waals surface area contributed by atoms with Gasteiger partial charge in [-0.1, -0.05) is 30.3 Å². The molecule has 27 heavy (non-hydrogen) atoms. The maximum Gasteiger partial charge on any atom is 0.387 e. The predicted molar refractivity (Wildman–Crippen MR) is 95.7 cm³/mol. The van der Waals surface area contributed by atoms with Gasteiger partial charge in [-0.05, 0) is 49.6 Å². The van der Waals surface area contributed by atoms with E-state index in [1.54, 1.807) is 0 Å². The zero-order valence-corrected chi connectivity index (χ0v) is 14.9. The predicted octanol–water partition coefficient (Wildman–Crippen LogP) is 3.58. The Morgan fingerprint density at radius 2 is 1.70 bits per heavy atom. The summed E-state index contributed by atoms with van der Waals surface area (Å²) in [6.07, 6.45) is 1.59. The molecule has 0 saturated heterocycles. The molecule has 0 aliphatic rings. The van der Waals surface area contributed by atoms with Gasteiger partial charge in [-0.3, -0.25) is 4.79 Å². The molecule has 1 N–H and O–H groups in total. The van der Waals surface area contributed by atoms with Gasteiger partial charge in [0.05, 0.1) is 5.56 Å². The Kier molecular flexibility index (Phi) is 7.73. The number of benzene rings is 2. The number of ether oxygens (including phenoxy) is 2. The van der Waals surface area contributed by atoms with Crippen molar-refractivity contribution in [2.24, 2.45) is 0 Å². The van der Waals surface area contributed by atoms with Crippen LogP contribution in [0.3, 0.4) is 0 Å². The molecule has 2 aromatic rings. The van der Waals surface area contributed by atoms with Gasteiger partial charge in [-0.15, -0.1) is 0 Å². The van der Waals surface area contributed by atoms with E-state index < -0.39 is 25.1 Å². The summed E-state index contributed by atoms with van der Waals surface area (Å²) in [6.45, 7) is -1.47. The van der Waals surface area contributed by atoms with Crippen molar-refractivity contribution >= 4 is 11.9 Å². The molecule has 0 unspecified atom stereocenters. The van der Waals surface area contributed by atoms with Crippen LogP contribution in [0, 0.1) is 0 Å². The summed E-state index contributed by atoms with van der Waals surface area (Å²) in [4.78, 5) is 23.8. The maximum absolute atomic E-state index is 12.1. The lowest BCUT2D eigenvalue weighted by Gasteiger charge is -2.14. The Labute approximate surface area is 156 Å². The minimum absolute atomic E-state index is 0.0634. The third-order valence-electron chi connectivity index (χ3n) is 3.77. The second kappa shape index (κ2) is 10.3. The van der Waals surface area contributed by atoms with Crippen molar-refractivity contribution < 1.29 is 27.8 Å². The van der Waals surface area contributed by atoms with Crippen molar-refractivity contribution in [3.8, 4) is 5.75 Å². The van der Waals surface area contributed by atoms with Gasteiger partial charge in [-0.25, -0.2) is 4.79 Å². The number of esters is 1. The van der Waals surface area contributed by atoms with Crippen molar-refractivity contribution in [3.63, 3.8) is 0 Å². The van der Waals surface area contributed by atoms with E-state index in [2.05, 4.69) is 10.1 Å². The largest absolute Gasteiger partial charge is 0.452 e. The van der Waals surface area contributed by atoms with E-state index in [-0.39, 0.29) is 17.4 Å². The van der Waals surface area contributed by atoms with Crippen LogP contribution >= 0.6 is 0 Å². The average molecular weight is 377 g/mol. The molecule has 0 spiro atoms. The highest BCUT2D eigenvalue weighted by Crippen LogP contribution is 2.15. The number of rotatable bonds is 9. The summed E-state index contributed by atoms with van der Waals surface area (Å²) >= 11 is 0.